The van der Waals surface area contributed by atoms with Gasteiger partial charge in [0.25, 0.3) is 0 Å². The summed E-state index contributed by atoms with van der Waals surface area (Å²) in [6.45, 7) is 4.43. The molecular formula is C33H48N2O6S. The molecule has 0 saturated heterocycles. The molecule has 0 unspecified atom stereocenters. The van der Waals surface area contributed by atoms with Gasteiger partial charge in [0.05, 0.1) is 6.10 Å². The molecule has 3 aromatic rings. The highest BCUT2D eigenvalue weighted by atomic mass is 32.4. The molecule has 1 aromatic heterocycles. The Hall–Kier alpha value is -2.66. The topological polar surface area (TPSA) is 120 Å². The lowest BCUT2D eigenvalue weighted by molar-refractivity contribution is -0.671. The second-order valence-corrected chi connectivity index (χ2v) is 16.1. The van der Waals surface area contributed by atoms with Crippen molar-refractivity contribution in [3.8, 4) is 5.75 Å². The van der Waals surface area contributed by atoms with Crippen LogP contribution >= 0.6 is 9.42 Å². The number of anilines is 1. The number of rotatable bonds is 11. The number of hydrogen-bond acceptors (Lipinski definition) is 7. The van der Waals surface area contributed by atoms with Crippen LogP contribution in [0.4, 0.5) is 5.69 Å². The molecule has 1 aliphatic heterocycles. The van der Waals surface area contributed by atoms with E-state index in [1.807, 2.05) is 93.2 Å². The zero-order valence-electron chi connectivity index (χ0n) is 25.6. The Labute approximate surface area is 249 Å². The Morgan fingerprint density at radius 1 is 0.952 bits per heavy atom. The van der Waals surface area contributed by atoms with Gasteiger partial charge in [-0.15, -0.1) is 0 Å². The predicted octanol–water partition coefficient (Wildman–Crippen LogP) is 6.81. The summed E-state index contributed by atoms with van der Waals surface area (Å²) in [6.07, 6.45) is 6.47. The number of unbranched alkanes of at least 4 members (excludes halogenated alkanes) is 2. The molecule has 0 aliphatic carbocycles. The molecule has 2 atom stereocenters. The van der Waals surface area contributed by atoms with Crippen LogP contribution in [0.2, 0.25) is 0 Å². The van der Waals surface area contributed by atoms with Crippen molar-refractivity contribution in [1.29, 1.82) is 0 Å². The first-order valence-corrected chi connectivity index (χ1v) is 17.3. The van der Waals surface area contributed by atoms with Gasteiger partial charge in [-0.1, -0.05) is 61.1 Å². The van der Waals surface area contributed by atoms with Crippen molar-refractivity contribution in [3.05, 3.63) is 83.7 Å². The lowest BCUT2D eigenvalue weighted by Gasteiger charge is -2.75. The number of hydrogen-bond donors (Lipinski definition) is 4. The van der Waals surface area contributed by atoms with Crippen molar-refractivity contribution in [2.75, 3.05) is 24.7 Å². The zero-order valence-corrected chi connectivity index (χ0v) is 26.4. The second-order valence-electron chi connectivity index (χ2n) is 12.5. The number of aryl methyl sites for hydroxylation is 1. The van der Waals surface area contributed by atoms with E-state index in [-0.39, 0.29) is 5.56 Å². The lowest BCUT2D eigenvalue weighted by Crippen LogP contribution is -2.49. The minimum Gasteiger partial charge on any atom is -0.767 e. The number of aliphatic hydroxyl groups excluding tert-OH is 1. The van der Waals surface area contributed by atoms with Crippen LogP contribution in [0, 0.1) is 5.41 Å². The summed E-state index contributed by atoms with van der Waals surface area (Å²) >= 11 is 0. The molecule has 9 heteroatoms. The molecule has 4 N–H and O–H groups in total. The highest BCUT2D eigenvalue weighted by Gasteiger charge is 2.58. The highest BCUT2D eigenvalue weighted by molar-refractivity contribution is 8.48. The Bertz CT molecular complexity index is 1360. The summed E-state index contributed by atoms with van der Waals surface area (Å²) in [7, 11) is -1.41. The quantitative estimate of drug-likeness (QED) is 0.178. The van der Waals surface area contributed by atoms with Crippen LogP contribution in [0.3, 0.4) is 0 Å². The number of aromatic nitrogens is 1. The maximum absolute atomic E-state index is 14.4. The molecule has 8 nitrogen and oxygen atoms in total. The average molecular weight is 601 g/mol. The van der Waals surface area contributed by atoms with Gasteiger partial charge in [-0.2, -0.15) is 0 Å². The van der Waals surface area contributed by atoms with Crippen LogP contribution in [0.15, 0.2) is 71.9 Å². The molecule has 0 fully saturated rings. The van der Waals surface area contributed by atoms with Crippen molar-refractivity contribution in [3.63, 3.8) is 0 Å². The second kappa shape index (κ2) is 11.4. The fourth-order valence-electron chi connectivity index (χ4n) is 6.40. The number of pyridine rings is 1. The molecule has 4 rings (SSSR count). The predicted molar refractivity (Wildman–Crippen MR) is 168 cm³/mol. The first kappa shape index (κ1) is 32.3. The summed E-state index contributed by atoms with van der Waals surface area (Å²) in [5, 5.41) is 12.3. The molecule has 2 heterocycles. The van der Waals surface area contributed by atoms with Gasteiger partial charge in [0.2, 0.25) is 0 Å². The third-order valence-electron chi connectivity index (χ3n) is 8.69. The van der Waals surface area contributed by atoms with Gasteiger partial charge < -0.3 is 33.0 Å². The number of nitrogens with zero attached hydrogens (tertiary/aromatic N) is 2. The molecule has 0 radical (unpaired) electrons. The molecule has 0 saturated carbocycles. The monoisotopic (exact) mass is 600 g/mol. The van der Waals surface area contributed by atoms with E-state index in [1.54, 1.807) is 12.1 Å². The van der Waals surface area contributed by atoms with E-state index in [0.29, 0.717) is 49.3 Å². The van der Waals surface area contributed by atoms with Crippen molar-refractivity contribution in [2.24, 2.45) is 12.5 Å². The standard InChI is InChI=1S/C33H48N2O6S/c1-6-8-18-33(19-9-7-2)24-42(37,38,39,40)30-15-12-27(34(3)4)22-29(30)31(32(33)36)26-10-13-28(14-11-26)41-23-25-16-20-35(5)21-17-25/h10-17,20-22,31-32,36H,6-9,18-19,23-24H2,1-5H3,(H3-,37,38,39,40)/t31-,32-/m1/s1. The van der Waals surface area contributed by atoms with E-state index in [2.05, 4.69) is 0 Å². The SMILES string of the molecule is CCCCC1(CCCC)CS([O-])(O)(O)(O)c2ccc(N(C)C)cc2[C@@H](c2ccc(OCc3cc[n+](C)cc3)cc2)[C@H]1O. The van der Waals surface area contributed by atoms with Crippen LogP contribution in [-0.2, 0) is 13.7 Å². The molecule has 2 aromatic carbocycles. The highest BCUT2D eigenvalue weighted by Crippen LogP contribution is 2.86. The summed E-state index contributed by atoms with van der Waals surface area (Å²) < 4.78 is 57.3. The van der Waals surface area contributed by atoms with Gasteiger partial charge >= 0.3 is 0 Å². The molecule has 0 spiro atoms. The molecule has 0 bridgehead atoms. The van der Waals surface area contributed by atoms with Crippen molar-refractivity contribution >= 4 is 15.1 Å². The molecular weight excluding hydrogens is 552 g/mol. The van der Waals surface area contributed by atoms with Crippen LogP contribution in [0.25, 0.3) is 0 Å². The van der Waals surface area contributed by atoms with Gasteiger partial charge in [-0.25, -0.2) is 4.57 Å². The summed E-state index contributed by atoms with van der Waals surface area (Å²) in [5.74, 6) is -0.976. The van der Waals surface area contributed by atoms with Crippen molar-refractivity contribution < 1.29 is 32.6 Å². The summed E-state index contributed by atoms with van der Waals surface area (Å²) in [6, 6.07) is 16.0. The van der Waals surface area contributed by atoms with Gasteiger partial charge in [-0.3, -0.25) is 0 Å². The van der Waals surface area contributed by atoms with Crippen molar-refractivity contribution in [2.45, 2.75) is 75.9 Å². The Morgan fingerprint density at radius 2 is 1.55 bits per heavy atom. The minimum atomic E-state index is -7.06. The molecule has 232 valence electrons. The van der Waals surface area contributed by atoms with Crippen LogP contribution in [0.1, 0.15) is 75.0 Å². The van der Waals surface area contributed by atoms with Gasteiger partial charge in [0.1, 0.15) is 19.4 Å². The smallest absolute Gasteiger partial charge is 0.168 e. The Kier molecular flexibility index (Phi) is 8.79. The number of aliphatic hydroxyl groups is 1. The summed E-state index contributed by atoms with van der Waals surface area (Å²) in [5.41, 5.74) is 1.46. The van der Waals surface area contributed by atoms with E-state index in [4.69, 9.17) is 4.74 Å². The maximum Gasteiger partial charge on any atom is 0.168 e. The minimum absolute atomic E-state index is 0.235. The normalized spacial score (nSPS) is 23.3. The lowest BCUT2D eigenvalue weighted by atomic mass is 9.68. The molecule has 1 aliphatic rings. The van der Waals surface area contributed by atoms with Gasteiger partial charge in [0, 0.05) is 59.5 Å². The van der Waals surface area contributed by atoms with E-state index in [1.165, 1.54) is 6.07 Å². The number of ether oxygens (including phenoxy) is 1. The van der Waals surface area contributed by atoms with E-state index >= 15 is 0 Å². The largest absolute Gasteiger partial charge is 0.767 e. The Morgan fingerprint density at radius 3 is 2.10 bits per heavy atom. The fraction of sp³-hybridized carbons (Fsp3) is 0.485. The van der Waals surface area contributed by atoms with Crippen LogP contribution in [-0.4, -0.2) is 49.3 Å². The maximum atomic E-state index is 14.4. The zero-order chi connectivity index (χ0) is 30.8. The van der Waals surface area contributed by atoms with Crippen LogP contribution in [0.5, 0.6) is 5.75 Å². The van der Waals surface area contributed by atoms with E-state index in [9.17, 15) is 23.3 Å². The number of benzene rings is 2. The fourth-order valence-corrected chi connectivity index (χ4v) is 9.47. The molecule has 42 heavy (non-hydrogen) atoms. The van der Waals surface area contributed by atoms with Crippen LogP contribution < -0.4 is 14.2 Å². The summed E-state index contributed by atoms with van der Waals surface area (Å²) in [4.78, 5) is 1.41. The molecule has 0 amide bonds. The average Bonchev–Trinajstić information content (AvgIpc) is 2.99. The van der Waals surface area contributed by atoms with E-state index < -0.39 is 37.5 Å². The number of fused-ring (bicyclic) bond motifs is 1. The first-order chi connectivity index (χ1) is 19.6. The van der Waals surface area contributed by atoms with Gasteiger partial charge in [-0.05, 0) is 54.3 Å². The van der Waals surface area contributed by atoms with Crippen molar-refractivity contribution in [1.82, 2.24) is 0 Å². The Balaban J connectivity index is 1.85. The van der Waals surface area contributed by atoms with E-state index in [0.717, 1.165) is 18.4 Å². The third-order valence-corrected chi connectivity index (χ3v) is 11.4. The first-order valence-electron chi connectivity index (χ1n) is 14.9. The third kappa shape index (κ3) is 6.77. The van der Waals surface area contributed by atoms with Gasteiger partial charge in [0.15, 0.2) is 12.4 Å².